The topological polar surface area (TPSA) is 91.8 Å². The number of alkyl halides is 1. The monoisotopic (exact) mass is 546 g/mol. The van der Waals surface area contributed by atoms with Crippen LogP contribution in [0.5, 0.6) is 11.5 Å². The second kappa shape index (κ2) is 11.5. The molecule has 0 unspecified atom stereocenters. The third-order valence-electron chi connectivity index (χ3n) is 7.26. The Morgan fingerprint density at radius 2 is 1.45 bits per heavy atom. The number of aryl methyl sites for hydroxylation is 1. The van der Waals surface area contributed by atoms with Gasteiger partial charge < -0.3 is 18.9 Å². The number of nitrogens with zero attached hydrogens (tertiary/aromatic N) is 1. The van der Waals surface area contributed by atoms with Gasteiger partial charge in [0.1, 0.15) is 35.6 Å². The van der Waals surface area contributed by atoms with Crippen LogP contribution in [0, 0.1) is 6.92 Å². The fourth-order valence-electron chi connectivity index (χ4n) is 5.09. The first kappa shape index (κ1) is 27.4. The zero-order valence-corrected chi connectivity index (χ0v) is 22.5. The molecule has 9 heteroatoms. The molecule has 0 radical (unpaired) electrons. The second-order valence-electron chi connectivity index (χ2n) is 9.67. The molecule has 0 saturated carbocycles. The summed E-state index contributed by atoms with van der Waals surface area (Å²) in [6, 6.07) is 24.8. The number of H-pyrrole nitrogens is 1. The molecule has 0 amide bonds. The zero-order valence-electron chi connectivity index (χ0n) is 22.5. The van der Waals surface area contributed by atoms with E-state index in [9.17, 15) is 9.59 Å². The van der Waals surface area contributed by atoms with E-state index in [4.69, 9.17) is 18.9 Å². The van der Waals surface area contributed by atoms with Gasteiger partial charge in [-0.25, -0.2) is 9.18 Å². The number of ether oxygens (including phenoxy) is 4. The van der Waals surface area contributed by atoms with Crippen molar-refractivity contribution in [2.75, 3.05) is 20.8 Å². The Balaban J connectivity index is 1.54. The molecule has 3 atom stereocenters. The minimum atomic E-state index is -1.40. The van der Waals surface area contributed by atoms with Crippen LogP contribution in [0.15, 0.2) is 94.6 Å². The SMILES string of the molecule is COc1ccc(C(OC[C@H]2O[C@@H](n3cc(C)c(=O)[nH]c3=O)C[C@@H]2F)(c2ccccc2)c2ccc(OC)cc2)cc1. The average Bonchev–Trinajstić information content (AvgIpc) is 3.36. The van der Waals surface area contributed by atoms with Crippen LogP contribution in [0.25, 0.3) is 0 Å². The third-order valence-corrected chi connectivity index (χ3v) is 7.26. The van der Waals surface area contributed by atoms with Crippen LogP contribution in [-0.2, 0) is 15.1 Å². The minimum Gasteiger partial charge on any atom is -0.497 e. The highest BCUT2D eigenvalue weighted by Crippen LogP contribution is 2.43. The number of hydrogen-bond donors (Lipinski definition) is 1. The molecule has 1 aliphatic rings. The first-order valence-electron chi connectivity index (χ1n) is 13.0. The molecule has 208 valence electrons. The van der Waals surface area contributed by atoms with Gasteiger partial charge in [-0.1, -0.05) is 54.6 Å². The summed E-state index contributed by atoms with van der Waals surface area (Å²) in [7, 11) is 3.20. The summed E-state index contributed by atoms with van der Waals surface area (Å²) in [5, 5.41) is 0. The van der Waals surface area contributed by atoms with E-state index in [1.54, 1.807) is 21.1 Å². The lowest BCUT2D eigenvalue weighted by Gasteiger charge is -2.37. The van der Waals surface area contributed by atoms with Crippen LogP contribution in [0.1, 0.15) is 34.9 Å². The predicted molar refractivity (Wildman–Crippen MR) is 148 cm³/mol. The van der Waals surface area contributed by atoms with Crippen molar-refractivity contribution in [2.45, 2.75) is 37.4 Å². The molecule has 5 rings (SSSR count). The minimum absolute atomic E-state index is 0.0528. The van der Waals surface area contributed by atoms with Gasteiger partial charge in [-0.05, 0) is 47.9 Å². The quantitative estimate of drug-likeness (QED) is 0.311. The highest BCUT2D eigenvalue weighted by atomic mass is 19.1. The summed E-state index contributed by atoms with van der Waals surface area (Å²) in [5.74, 6) is 1.38. The van der Waals surface area contributed by atoms with E-state index in [0.717, 1.165) is 16.7 Å². The maximum absolute atomic E-state index is 15.4. The largest absolute Gasteiger partial charge is 0.497 e. The Kier molecular flexibility index (Phi) is 7.86. The van der Waals surface area contributed by atoms with Crippen molar-refractivity contribution in [2.24, 2.45) is 0 Å². The lowest BCUT2D eigenvalue weighted by Crippen LogP contribution is -2.37. The van der Waals surface area contributed by atoms with Gasteiger partial charge in [0, 0.05) is 18.2 Å². The number of rotatable bonds is 9. The summed E-state index contributed by atoms with van der Waals surface area (Å²) in [4.78, 5) is 26.5. The van der Waals surface area contributed by atoms with Crippen LogP contribution in [0.2, 0.25) is 0 Å². The lowest BCUT2D eigenvalue weighted by molar-refractivity contribution is -0.0868. The van der Waals surface area contributed by atoms with Crippen LogP contribution < -0.4 is 20.7 Å². The molecule has 8 nitrogen and oxygen atoms in total. The Labute approximate surface area is 230 Å². The number of aromatic nitrogens is 2. The summed E-state index contributed by atoms with van der Waals surface area (Å²) in [6.07, 6.45) is -1.89. The van der Waals surface area contributed by atoms with Crippen molar-refractivity contribution in [3.8, 4) is 11.5 Å². The van der Waals surface area contributed by atoms with Gasteiger partial charge in [0.25, 0.3) is 5.56 Å². The van der Waals surface area contributed by atoms with E-state index in [-0.39, 0.29) is 13.0 Å². The zero-order chi connectivity index (χ0) is 28.3. The molecule has 1 fully saturated rings. The molecule has 1 aliphatic heterocycles. The second-order valence-corrected chi connectivity index (χ2v) is 9.67. The third kappa shape index (κ3) is 5.17. The Hall–Kier alpha value is -4.21. The number of benzene rings is 3. The highest BCUT2D eigenvalue weighted by Gasteiger charge is 2.42. The van der Waals surface area contributed by atoms with Crippen molar-refractivity contribution < 1.29 is 23.3 Å². The van der Waals surface area contributed by atoms with Crippen molar-refractivity contribution in [1.29, 1.82) is 0 Å². The molecule has 1 aromatic heterocycles. The van der Waals surface area contributed by atoms with Crippen molar-refractivity contribution in [3.05, 3.63) is 128 Å². The molecule has 1 N–H and O–H groups in total. The lowest BCUT2D eigenvalue weighted by atomic mass is 9.80. The molecule has 1 saturated heterocycles. The van der Waals surface area contributed by atoms with E-state index in [0.29, 0.717) is 17.1 Å². The first-order valence-corrected chi connectivity index (χ1v) is 13.0. The molecule has 0 bridgehead atoms. The van der Waals surface area contributed by atoms with Crippen molar-refractivity contribution in [3.63, 3.8) is 0 Å². The van der Waals surface area contributed by atoms with E-state index in [1.165, 1.54) is 10.8 Å². The Morgan fingerprint density at radius 3 is 2.00 bits per heavy atom. The van der Waals surface area contributed by atoms with Crippen molar-refractivity contribution in [1.82, 2.24) is 9.55 Å². The molecular formula is C31H31FN2O6. The fraction of sp³-hybridized carbons (Fsp3) is 0.290. The van der Waals surface area contributed by atoms with Gasteiger partial charge in [-0.15, -0.1) is 0 Å². The summed E-state index contributed by atoms with van der Waals surface area (Å²) < 4.78 is 40.1. The number of hydrogen-bond acceptors (Lipinski definition) is 6. The maximum Gasteiger partial charge on any atom is 0.330 e. The Morgan fingerprint density at radius 1 is 0.900 bits per heavy atom. The number of methoxy groups -OCH3 is 2. The number of halogens is 1. The van der Waals surface area contributed by atoms with Gasteiger partial charge in [0.05, 0.1) is 20.8 Å². The predicted octanol–water partition coefficient (Wildman–Crippen LogP) is 4.50. The first-order chi connectivity index (χ1) is 19.3. The fourth-order valence-corrected chi connectivity index (χ4v) is 5.09. The van der Waals surface area contributed by atoms with Gasteiger partial charge in [-0.2, -0.15) is 0 Å². The molecule has 0 spiro atoms. The van der Waals surface area contributed by atoms with Gasteiger partial charge in [0.15, 0.2) is 0 Å². The smallest absolute Gasteiger partial charge is 0.330 e. The summed E-state index contributed by atoms with van der Waals surface area (Å²) in [5.41, 5.74) is 0.520. The normalized spacial score (nSPS) is 18.9. The van der Waals surface area contributed by atoms with E-state index in [1.807, 2.05) is 78.9 Å². The number of aromatic amines is 1. The molecule has 2 heterocycles. The van der Waals surface area contributed by atoms with E-state index < -0.39 is 35.4 Å². The van der Waals surface area contributed by atoms with Gasteiger partial charge in [0.2, 0.25) is 0 Å². The van der Waals surface area contributed by atoms with Crippen LogP contribution in [0.4, 0.5) is 4.39 Å². The summed E-state index contributed by atoms with van der Waals surface area (Å²) in [6.45, 7) is 1.47. The Bertz CT molecular complexity index is 1500. The number of nitrogens with one attached hydrogen (secondary N) is 1. The van der Waals surface area contributed by atoms with Gasteiger partial charge in [-0.3, -0.25) is 14.3 Å². The molecule has 0 aliphatic carbocycles. The van der Waals surface area contributed by atoms with Crippen LogP contribution >= 0.6 is 0 Å². The average molecular weight is 547 g/mol. The van der Waals surface area contributed by atoms with E-state index >= 15 is 4.39 Å². The molecule has 4 aromatic rings. The van der Waals surface area contributed by atoms with Crippen LogP contribution in [0.3, 0.4) is 0 Å². The van der Waals surface area contributed by atoms with Crippen molar-refractivity contribution >= 4 is 0 Å². The molecular weight excluding hydrogens is 515 g/mol. The maximum atomic E-state index is 15.4. The van der Waals surface area contributed by atoms with Crippen LogP contribution in [-0.4, -0.2) is 42.7 Å². The standard InChI is InChI=1S/C31H31FN2O6/c1-20-18-34(30(36)33-29(20)35)28-17-26(32)27(40-28)19-39-31(21-7-5-4-6-8-21,22-9-13-24(37-2)14-10-22)23-11-15-25(38-3)16-12-23/h4-16,18,26-28H,17,19H2,1-3H3,(H,33,35,36)/t26-,27+,28+/m0/s1. The molecule has 40 heavy (non-hydrogen) atoms. The highest BCUT2D eigenvalue weighted by molar-refractivity contribution is 5.49. The van der Waals surface area contributed by atoms with E-state index in [2.05, 4.69) is 4.98 Å². The van der Waals surface area contributed by atoms with Gasteiger partial charge >= 0.3 is 5.69 Å². The summed E-state index contributed by atoms with van der Waals surface area (Å²) >= 11 is 0. The molecule has 3 aromatic carbocycles.